The molecule has 2 atom stereocenters. The van der Waals surface area contributed by atoms with Gasteiger partial charge in [0.2, 0.25) is 5.91 Å². The van der Waals surface area contributed by atoms with Gasteiger partial charge in [-0.15, -0.1) is 0 Å². The smallest absolute Gasteiger partial charge is 0.308 e. The topological polar surface area (TPSA) is 104 Å². The van der Waals surface area contributed by atoms with Crippen LogP contribution >= 0.6 is 0 Å². The SMILES string of the molecule is CCN(CC(C)C(=O)O)C(=O)[C@H](N)Cc1ccc(O)cc1. The quantitative estimate of drug-likeness (QED) is 0.691. The Bertz CT molecular complexity index is 487. The second-order valence-electron chi connectivity index (χ2n) is 5.09. The fraction of sp³-hybridized carbons (Fsp3) is 0.467. The average molecular weight is 294 g/mol. The zero-order valence-corrected chi connectivity index (χ0v) is 12.3. The van der Waals surface area contributed by atoms with Crippen LogP contribution in [0.2, 0.25) is 0 Å². The highest BCUT2D eigenvalue weighted by atomic mass is 16.4. The van der Waals surface area contributed by atoms with Gasteiger partial charge in [0, 0.05) is 13.1 Å². The van der Waals surface area contributed by atoms with E-state index in [1.54, 1.807) is 26.0 Å². The summed E-state index contributed by atoms with van der Waals surface area (Å²) in [6.07, 6.45) is 0.344. The summed E-state index contributed by atoms with van der Waals surface area (Å²) in [5.41, 5.74) is 6.76. The molecule has 21 heavy (non-hydrogen) atoms. The van der Waals surface area contributed by atoms with Crippen LogP contribution in [-0.4, -0.2) is 46.1 Å². The van der Waals surface area contributed by atoms with Gasteiger partial charge in [-0.1, -0.05) is 19.1 Å². The lowest BCUT2D eigenvalue weighted by molar-refractivity contribution is -0.143. The molecule has 0 saturated heterocycles. The molecule has 1 aromatic rings. The second kappa shape index (κ2) is 7.64. The molecule has 0 aliphatic heterocycles. The number of carbonyl (C=O) groups is 2. The predicted octanol–water partition coefficient (Wildman–Crippen LogP) is 0.831. The number of hydrogen-bond donors (Lipinski definition) is 3. The number of carboxylic acid groups (broad SMARTS) is 1. The van der Waals surface area contributed by atoms with Crippen LogP contribution in [-0.2, 0) is 16.0 Å². The molecule has 0 radical (unpaired) electrons. The van der Waals surface area contributed by atoms with Gasteiger partial charge < -0.3 is 20.8 Å². The molecule has 0 aliphatic carbocycles. The normalized spacial score (nSPS) is 13.5. The van der Waals surface area contributed by atoms with Crippen LogP contribution < -0.4 is 5.73 Å². The number of phenols is 1. The first-order valence-corrected chi connectivity index (χ1v) is 6.90. The third kappa shape index (κ3) is 5.07. The number of carbonyl (C=O) groups excluding carboxylic acids is 1. The number of nitrogens with two attached hydrogens (primary N) is 1. The molecule has 0 fully saturated rings. The molecule has 6 nitrogen and oxygen atoms in total. The van der Waals surface area contributed by atoms with Crippen LogP contribution in [0.4, 0.5) is 0 Å². The van der Waals surface area contributed by atoms with Gasteiger partial charge in [-0.2, -0.15) is 0 Å². The zero-order chi connectivity index (χ0) is 16.0. The highest BCUT2D eigenvalue weighted by Crippen LogP contribution is 2.12. The maximum Gasteiger partial charge on any atom is 0.308 e. The minimum Gasteiger partial charge on any atom is -0.508 e. The maximum absolute atomic E-state index is 12.3. The van der Waals surface area contributed by atoms with Crippen LogP contribution in [0.25, 0.3) is 0 Å². The molecule has 4 N–H and O–H groups in total. The number of likely N-dealkylation sites (N-methyl/N-ethyl adjacent to an activating group) is 1. The summed E-state index contributed by atoms with van der Waals surface area (Å²) in [7, 11) is 0. The number of phenolic OH excluding ortho intramolecular Hbond substituents is 1. The summed E-state index contributed by atoms with van der Waals surface area (Å²) in [6.45, 7) is 3.91. The molecule has 0 aliphatic rings. The third-order valence-corrected chi connectivity index (χ3v) is 3.32. The minimum atomic E-state index is -0.937. The first-order chi connectivity index (χ1) is 9.85. The Labute approximate surface area is 124 Å². The summed E-state index contributed by atoms with van der Waals surface area (Å²) in [5.74, 6) is -1.68. The Hall–Kier alpha value is -2.08. The Morgan fingerprint density at radius 3 is 2.33 bits per heavy atom. The van der Waals surface area contributed by atoms with Crippen LogP contribution in [0.15, 0.2) is 24.3 Å². The number of benzene rings is 1. The van der Waals surface area contributed by atoms with E-state index in [0.717, 1.165) is 5.56 Å². The lowest BCUT2D eigenvalue weighted by Crippen LogP contribution is -2.47. The highest BCUT2D eigenvalue weighted by molar-refractivity contribution is 5.82. The first-order valence-electron chi connectivity index (χ1n) is 6.90. The fourth-order valence-electron chi connectivity index (χ4n) is 1.99. The molecular weight excluding hydrogens is 272 g/mol. The van der Waals surface area contributed by atoms with Crippen molar-refractivity contribution in [1.29, 1.82) is 0 Å². The number of rotatable bonds is 7. The third-order valence-electron chi connectivity index (χ3n) is 3.32. The number of aromatic hydroxyl groups is 1. The number of aliphatic carboxylic acids is 1. The summed E-state index contributed by atoms with van der Waals surface area (Å²) in [5, 5.41) is 18.1. The Morgan fingerprint density at radius 1 is 1.29 bits per heavy atom. The van der Waals surface area contributed by atoms with E-state index in [0.29, 0.717) is 13.0 Å². The molecular formula is C15H22N2O4. The molecule has 0 bridgehead atoms. The fourth-order valence-corrected chi connectivity index (χ4v) is 1.99. The summed E-state index contributed by atoms with van der Waals surface area (Å²) < 4.78 is 0. The lowest BCUT2D eigenvalue weighted by atomic mass is 10.0. The van der Waals surface area contributed by atoms with Crippen molar-refractivity contribution in [2.24, 2.45) is 11.7 Å². The van der Waals surface area contributed by atoms with E-state index >= 15 is 0 Å². The van der Waals surface area contributed by atoms with Gasteiger partial charge in [-0.3, -0.25) is 9.59 Å². The molecule has 1 unspecified atom stereocenters. The molecule has 0 spiro atoms. The Kier molecular flexibility index (Phi) is 6.17. The monoisotopic (exact) mass is 294 g/mol. The van der Waals surface area contributed by atoms with Crippen molar-refractivity contribution in [1.82, 2.24) is 4.90 Å². The van der Waals surface area contributed by atoms with Crippen molar-refractivity contribution in [3.8, 4) is 5.75 Å². The van der Waals surface area contributed by atoms with E-state index in [2.05, 4.69) is 0 Å². The van der Waals surface area contributed by atoms with Crippen molar-refractivity contribution >= 4 is 11.9 Å². The van der Waals surface area contributed by atoms with Crippen LogP contribution in [0.1, 0.15) is 19.4 Å². The van der Waals surface area contributed by atoms with Gasteiger partial charge in [0.15, 0.2) is 0 Å². The molecule has 116 valence electrons. The maximum atomic E-state index is 12.3. The summed E-state index contributed by atoms with van der Waals surface area (Å²) in [6, 6.07) is 5.76. The van der Waals surface area contributed by atoms with E-state index < -0.39 is 17.9 Å². The van der Waals surface area contributed by atoms with E-state index in [-0.39, 0.29) is 18.2 Å². The molecule has 0 aromatic heterocycles. The van der Waals surface area contributed by atoms with Crippen molar-refractivity contribution in [3.63, 3.8) is 0 Å². The Morgan fingerprint density at radius 2 is 1.86 bits per heavy atom. The molecule has 1 rings (SSSR count). The van der Waals surface area contributed by atoms with Gasteiger partial charge in [-0.05, 0) is 31.0 Å². The van der Waals surface area contributed by atoms with Crippen molar-refractivity contribution < 1.29 is 19.8 Å². The molecule has 6 heteroatoms. The number of carboxylic acids is 1. The first kappa shape index (κ1) is 17.0. The van der Waals surface area contributed by atoms with E-state index in [1.807, 2.05) is 0 Å². The summed E-state index contributed by atoms with van der Waals surface area (Å²) in [4.78, 5) is 24.6. The van der Waals surface area contributed by atoms with Crippen molar-refractivity contribution in [2.75, 3.05) is 13.1 Å². The van der Waals surface area contributed by atoms with E-state index in [9.17, 15) is 14.7 Å². The largest absolute Gasteiger partial charge is 0.508 e. The van der Waals surface area contributed by atoms with E-state index in [1.165, 1.54) is 17.0 Å². The second-order valence-corrected chi connectivity index (χ2v) is 5.09. The molecule has 1 aromatic carbocycles. The van der Waals surface area contributed by atoms with Gasteiger partial charge in [0.1, 0.15) is 5.75 Å². The van der Waals surface area contributed by atoms with E-state index in [4.69, 9.17) is 10.8 Å². The van der Waals surface area contributed by atoms with Crippen LogP contribution in [0.3, 0.4) is 0 Å². The van der Waals surface area contributed by atoms with Gasteiger partial charge in [-0.25, -0.2) is 0 Å². The van der Waals surface area contributed by atoms with Gasteiger partial charge in [0.05, 0.1) is 12.0 Å². The Balaban J connectivity index is 2.66. The lowest BCUT2D eigenvalue weighted by Gasteiger charge is -2.26. The zero-order valence-electron chi connectivity index (χ0n) is 12.3. The molecule has 0 saturated carbocycles. The molecule has 0 heterocycles. The summed E-state index contributed by atoms with van der Waals surface area (Å²) >= 11 is 0. The van der Waals surface area contributed by atoms with Gasteiger partial charge in [0.25, 0.3) is 0 Å². The average Bonchev–Trinajstić information content (AvgIpc) is 2.45. The number of hydrogen-bond acceptors (Lipinski definition) is 4. The minimum absolute atomic E-state index is 0.147. The predicted molar refractivity (Wildman–Crippen MR) is 78.8 cm³/mol. The standard InChI is InChI=1S/C15H22N2O4/c1-3-17(9-10(2)15(20)21)14(19)13(16)8-11-4-6-12(18)7-5-11/h4-7,10,13,18H,3,8-9,16H2,1-2H3,(H,20,21)/t10?,13-/m1/s1. The van der Waals surface area contributed by atoms with Crippen LogP contribution in [0.5, 0.6) is 5.75 Å². The van der Waals surface area contributed by atoms with Gasteiger partial charge >= 0.3 is 5.97 Å². The van der Waals surface area contributed by atoms with Crippen LogP contribution in [0, 0.1) is 5.92 Å². The van der Waals surface area contributed by atoms with Crippen molar-refractivity contribution in [3.05, 3.63) is 29.8 Å². The number of amides is 1. The number of nitrogens with zero attached hydrogens (tertiary/aromatic N) is 1. The molecule has 1 amide bonds. The highest BCUT2D eigenvalue weighted by Gasteiger charge is 2.23. The van der Waals surface area contributed by atoms with Crippen molar-refractivity contribution in [2.45, 2.75) is 26.3 Å².